The van der Waals surface area contributed by atoms with E-state index in [-0.39, 0.29) is 23.2 Å². The highest BCUT2D eigenvalue weighted by molar-refractivity contribution is 5.79. The van der Waals surface area contributed by atoms with Crippen LogP contribution < -0.4 is 0 Å². The molecule has 88 valence electrons. The number of rotatable bonds is 5. The first kappa shape index (κ1) is 12.6. The number of aromatic hydroxyl groups is 2. The second-order valence-corrected chi connectivity index (χ2v) is 3.94. The van der Waals surface area contributed by atoms with Crippen molar-refractivity contribution in [1.82, 2.24) is 0 Å². The van der Waals surface area contributed by atoms with Gasteiger partial charge in [0.05, 0.1) is 0 Å². The summed E-state index contributed by atoms with van der Waals surface area (Å²) in [5.74, 6) is 0.334. The molecule has 0 aliphatic rings. The van der Waals surface area contributed by atoms with E-state index in [0.29, 0.717) is 12.8 Å². The van der Waals surface area contributed by atoms with Crippen LogP contribution in [0.15, 0.2) is 18.2 Å². The highest BCUT2D eigenvalue weighted by Gasteiger charge is 2.16. The maximum absolute atomic E-state index is 11.4. The number of carbonyl (C=O) groups excluding carboxylic acids is 1. The molecule has 0 heterocycles. The number of phenols is 2. The maximum Gasteiger partial charge on any atom is 0.133 e. The number of hydrogen-bond donors (Lipinski definition) is 2. The average molecular weight is 222 g/mol. The highest BCUT2D eigenvalue weighted by atomic mass is 16.3. The minimum Gasteiger partial charge on any atom is -0.508 e. The van der Waals surface area contributed by atoms with Crippen molar-refractivity contribution in [3.8, 4) is 11.5 Å². The van der Waals surface area contributed by atoms with Crippen LogP contribution in [-0.2, 0) is 4.79 Å². The van der Waals surface area contributed by atoms with Crippen LogP contribution in [0.3, 0.4) is 0 Å². The number of Topliss-reactive ketones (excluding diaryl/α,β-unsaturated/α-hetero) is 1. The fourth-order valence-electron chi connectivity index (χ4n) is 1.77. The number of benzene rings is 1. The molecule has 0 radical (unpaired) electrons. The monoisotopic (exact) mass is 222 g/mol. The first-order valence-electron chi connectivity index (χ1n) is 5.62. The molecule has 1 aromatic carbocycles. The van der Waals surface area contributed by atoms with Crippen LogP contribution in [0.4, 0.5) is 0 Å². The molecule has 2 N–H and O–H groups in total. The Bertz CT molecular complexity index is 371. The summed E-state index contributed by atoms with van der Waals surface area (Å²) in [6.07, 6.45) is 1.77. The predicted octanol–water partition coefficient (Wildman–Crippen LogP) is 2.96. The summed E-state index contributed by atoms with van der Waals surface area (Å²) in [5, 5.41) is 18.9. The molecule has 3 heteroatoms. The van der Waals surface area contributed by atoms with Gasteiger partial charge in [-0.3, -0.25) is 4.79 Å². The SMILES string of the molecule is CCC(=O)CC(CC)c1ccc(O)cc1O. The summed E-state index contributed by atoms with van der Waals surface area (Å²) in [6.45, 7) is 3.83. The zero-order chi connectivity index (χ0) is 12.1. The second kappa shape index (κ2) is 5.54. The van der Waals surface area contributed by atoms with E-state index in [1.165, 1.54) is 12.1 Å². The Morgan fingerprint density at radius 3 is 2.50 bits per heavy atom. The van der Waals surface area contributed by atoms with Crippen molar-refractivity contribution in [3.05, 3.63) is 23.8 Å². The molecule has 0 saturated heterocycles. The Kier molecular flexibility index (Phi) is 4.35. The summed E-state index contributed by atoms with van der Waals surface area (Å²) in [6, 6.07) is 4.53. The Morgan fingerprint density at radius 1 is 1.31 bits per heavy atom. The molecule has 0 aliphatic heterocycles. The summed E-state index contributed by atoms with van der Waals surface area (Å²) >= 11 is 0. The zero-order valence-electron chi connectivity index (χ0n) is 9.73. The normalized spacial score (nSPS) is 12.4. The Balaban J connectivity index is 2.90. The van der Waals surface area contributed by atoms with E-state index in [1.807, 2.05) is 13.8 Å². The molecule has 0 bridgehead atoms. The third-order valence-corrected chi connectivity index (χ3v) is 2.82. The smallest absolute Gasteiger partial charge is 0.133 e. The molecule has 0 aliphatic carbocycles. The van der Waals surface area contributed by atoms with E-state index < -0.39 is 0 Å². The zero-order valence-corrected chi connectivity index (χ0v) is 9.73. The first-order chi connectivity index (χ1) is 7.58. The van der Waals surface area contributed by atoms with Gasteiger partial charge in [-0.2, -0.15) is 0 Å². The molecular weight excluding hydrogens is 204 g/mol. The minimum absolute atomic E-state index is 0.0352. The lowest BCUT2D eigenvalue weighted by atomic mass is 9.90. The molecule has 0 fully saturated rings. The van der Waals surface area contributed by atoms with E-state index >= 15 is 0 Å². The number of ketones is 1. The fourth-order valence-corrected chi connectivity index (χ4v) is 1.77. The van der Waals surface area contributed by atoms with Gasteiger partial charge in [-0.25, -0.2) is 0 Å². The molecule has 0 amide bonds. The van der Waals surface area contributed by atoms with E-state index in [9.17, 15) is 15.0 Å². The number of phenolic OH excluding ortho intramolecular Hbond substituents is 2. The van der Waals surface area contributed by atoms with Crippen molar-refractivity contribution in [1.29, 1.82) is 0 Å². The van der Waals surface area contributed by atoms with Crippen LogP contribution in [0.25, 0.3) is 0 Å². The lowest BCUT2D eigenvalue weighted by Gasteiger charge is -2.15. The molecule has 1 atom stereocenters. The van der Waals surface area contributed by atoms with Gasteiger partial charge in [0.15, 0.2) is 0 Å². The van der Waals surface area contributed by atoms with Crippen molar-refractivity contribution in [3.63, 3.8) is 0 Å². The number of carbonyl (C=O) groups is 1. The lowest BCUT2D eigenvalue weighted by Crippen LogP contribution is -2.05. The molecular formula is C13H18O3. The highest BCUT2D eigenvalue weighted by Crippen LogP contribution is 2.33. The topological polar surface area (TPSA) is 57.5 Å². The summed E-state index contributed by atoms with van der Waals surface area (Å²) in [4.78, 5) is 11.4. The van der Waals surface area contributed by atoms with Crippen LogP contribution in [-0.4, -0.2) is 16.0 Å². The summed E-state index contributed by atoms with van der Waals surface area (Å²) < 4.78 is 0. The Hall–Kier alpha value is -1.51. The molecule has 0 aromatic heterocycles. The Morgan fingerprint density at radius 2 is 2.00 bits per heavy atom. The first-order valence-corrected chi connectivity index (χ1v) is 5.62. The molecule has 0 spiro atoms. The van der Waals surface area contributed by atoms with E-state index in [2.05, 4.69) is 0 Å². The molecule has 0 saturated carbocycles. The standard InChI is InChI=1S/C13H18O3/c1-3-9(7-10(14)4-2)12-6-5-11(15)8-13(12)16/h5-6,8-9,15-16H,3-4,7H2,1-2H3. The van der Waals surface area contributed by atoms with Gasteiger partial charge in [-0.1, -0.05) is 19.9 Å². The summed E-state index contributed by atoms with van der Waals surface area (Å²) in [5.41, 5.74) is 0.738. The van der Waals surface area contributed by atoms with Crippen LogP contribution in [0, 0.1) is 0 Å². The van der Waals surface area contributed by atoms with Gasteiger partial charge >= 0.3 is 0 Å². The number of hydrogen-bond acceptors (Lipinski definition) is 3. The van der Waals surface area contributed by atoms with Crippen LogP contribution in [0.2, 0.25) is 0 Å². The van der Waals surface area contributed by atoms with Crippen molar-refractivity contribution < 1.29 is 15.0 Å². The molecule has 1 unspecified atom stereocenters. The third-order valence-electron chi connectivity index (χ3n) is 2.82. The van der Waals surface area contributed by atoms with Crippen LogP contribution in [0.1, 0.15) is 44.6 Å². The second-order valence-electron chi connectivity index (χ2n) is 3.94. The van der Waals surface area contributed by atoms with Crippen LogP contribution in [0.5, 0.6) is 11.5 Å². The molecule has 16 heavy (non-hydrogen) atoms. The van der Waals surface area contributed by atoms with E-state index in [1.54, 1.807) is 6.07 Å². The van der Waals surface area contributed by atoms with Gasteiger partial charge < -0.3 is 10.2 Å². The van der Waals surface area contributed by atoms with Crippen molar-refractivity contribution in [2.45, 2.75) is 39.0 Å². The maximum atomic E-state index is 11.4. The van der Waals surface area contributed by atoms with Gasteiger partial charge in [0.25, 0.3) is 0 Å². The summed E-state index contributed by atoms with van der Waals surface area (Å²) in [7, 11) is 0. The van der Waals surface area contributed by atoms with Gasteiger partial charge in [-0.15, -0.1) is 0 Å². The van der Waals surface area contributed by atoms with Crippen molar-refractivity contribution in [2.24, 2.45) is 0 Å². The molecule has 1 aromatic rings. The largest absolute Gasteiger partial charge is 0.508 e. The average Bonchev–Trinajstić information content (AvgIpc) is 2.26. The van der Waals surface area contributed by atoms with Gasteiger partial charge in [-0.05, 0) is 24.0 Å². The fraction of sp³-hybridized carbons (Fsp3) is 0.462. The Labute approximate surface area is 95.7 Å². The predicted molar refractivity (Wildman–Crippen MR) is 62.7 cm³/mol. The third kappa shape index (κ3) is 2.99. The van der Waals surface area contributed by atoms with Crippen LogP contribution >= 0.6 is 0 Å². The quantitative estimate of drug-likeness (QED) is 0.805. The van der Waals surface area contributed by atoms with Gasteiger partial charge in [0, 0.05) is 18.9 Å². The van der Waals surface area contributed by atoms with Gasteiger partial charge in [0.1, 0.15) is 17.3 Å². The molecule has 1 rings (SSSR count). The lowest BCUT2D eigenvalue weighted by molar-refractivity contribution is -0.119. The minimum atomic E-state index is 0.0352. The van der Waals surface area contributed by atoms with Crippen molar-refractivity contribution >= 4 is 5.78 Å². The van der Waals surface area contributed by atoms with Crippen molar-refractivity contribution in [2.75, 3.05) is 0 Å². The molecule has 3 nitrogen and oxygen atoms in total. The van der Waals surface area contributed by atoms with E-state index in [4.69, 9.17) is 0 Å². The van der Waals surface area contributed by atoms with Gasteiger partial charge in [0.2, 0.25) is 0 Å². The van der Waals surface area contributed by atoms with E-state index in [0.717, 1.165) is 12.0 Å².